The minimum absolute atomic E-state index is 0.165. The van der Waals surface area contributed by atoms with Gasteiger partial charge in [0.25, 0.3) is 0 Å². The zero-order valence-electron chi connectivity index (χ0n) is 35.2. The highest BCUT2D eigenvalue weighted by Crippen LogP contribution is 2.24. The van der Waals surface area contributed by atoms with Crippen LogP contribution in [-0.2, 0) is 38.7 Å². The highest BCUT2D eigenvalue weighted by molar-refractivity contribution is 7.85. The summed E-state index contributed by atoms with van der Waals surface area (Å²) in [4.78, 5) is 25.4. The number of unbranched alkanes of at least 4 members (excludes halogenated alkanes) is 26. The van der Waals surface area contributed by atoms with Crippen LogP contribution >= 0.6 is 0 Å². The van der Waals surface area contributed by atoms with Crippen molar-refractivity contribution in [2.75, 3.05) is 19.0 Å². The van der Waals surface area contributed by atoms with Gasteiger partial charge >= 0.3 is 11.9 Å². The van der Waals surface area contributed by atoms with Gasteiger partial charge in [-0.05, 0) is 12.8 Å². The van der Waals surface area contributed by atoms with E-state index in [0.717, 1.165) is 38.5 Å². The minimum Gasteiger partial charge on any atom is -0.748 e. The molecule has 0 aromatic heterocycles. The van der Waals surface area contributed by atoms with Gasteiger partial charge in [-0.25, -0.2) is 8.42 Å². The second-order valence-electron chi connectivity index (χ2n) is 16.1. The lowest BCUT2D eigenvalue weighted by molar-refractivity contribution is -0.297. The summed E-state index contributed by atoms with van der Waals surface area (Å²) in [6, 6.07) is 0. The third-order valence-corrected chi connectivity index (χ3v) is 11.4. The molecular weight excluding hydrogens is 741 g/mol. The monoisotopic (exact) mass is 822 g/mol. The smallest absolute Gasteiger partial charge is 0.306 e. The van der Waals surface area contributed by atoms with Gasteiger partial charge in [-0.1, -0.05) is 181 Å². The lowest BCUT2D eigenvalue weighted by Gasteiger charge is -2.40. The Bertz CT molecular complexity index is 1060. The lowest BCUT2D eigenvalue weighted by atomic mass is 10.00. The first-order valence-electron chi connectivity index (χ1n) is 22.6. The SMILES string of the molecule is CCCCCCCCCCCCCCCCC(=O)OCC(CO[C@H]1O[C@H](CS(=O)(=O)[O-])[C@@H](O)[C@H](O)[C@H]1O)OC(=O)CCCCCCCCCCCCCCCC. The highest BCUT2D eigenvalue weighted by Gasteiger charge is 2.45. The molecule has 0 spiro atoms. The number of aliphatic hydroxyl groups excluding tert-OH is 3. The number of carbonyl (C=O) groups excluding carboxylic acids is 2. The van der Waals surface area contributed by atoms with Crippen molar-refractivity contribution in [3.05, 3.63) is 0 Å². The summed E-state index contributed by atoms with van der Waals surface area (Å²) in [6.07, 6.45) is 24.0. The molecule has 1 fully saturated rings. The Morgan fingerprint density at radius 3 is 1.32 bits per heavy atom. The number of aliphatic hydroxyl groups is 3. The van der Waals surface area contributed by atoms with Crippen molar-refractivity contribution in [1.29, 1.82) is 0 Å². The molecular formula is C43H81O12S-. The van der Waals surface area contributed by atoms with Crippen LogP contribution in [0.2, 0.25) is 0 Å². The van der Waals surface area contributed by atoms with Crippen molar-refractivity contribution < 1.29 is 56.8 Å². The fourth-order valence-electron chi connectivity index (χ4n) is 7.14. The molecule has 12 nitrogen and oxygen atoms in total. The number of ether oxygens (including phenoxy) is 4. The van der Waals surface area contributed by atoms with E-state index < -0.39 is 71.2 Å². The Morgan fingerprint density at radius 2 is 0.929 bits per heavy atom. The van der Waals surface area contributed by atoms with Gasteiger partial charge in [0.1, 0.15) is 31.0 Å². The first kappa shape index (κ1) is 52.7. The van der Waals surface area contributed by atoms with Gasteiger partial charge in [-0.3, -0.25) is 9.59 Å². The average Bonchev–Trinajstić information content (AvgIpc) is 3.16. The molecule has 1 aliphatic heterocycles. The molecule has 1 aliphatic rings. The number of carbonyl (C=O) groups is 2. The Morgan fingerprint density at radius 1 is 0.554 bits per heavy atom. The molecule has 3 N–H and O–H groups in total. The summed E-state index contributed by atoms with van der Waals surface area (Å²) in [7, 11) is -4.84. The van der Waals surface area contributed by atoms with Crippen LogP contribution in [-0.4, -0.2) is 96.0 Å². The van der Waals surface area contributed by atoms with Crippen molar-refractivity contribution >= 4 is 22.1 Å². The standard InChI is InChI=1S/C43H82O12S/c1-3-5-7-9-11-13-15-17-19-21-23-25-27-29-31-38(44)52-33-36(34-53-43-42(48)41(47)40(46)37(55-43)35-56(49,50)51)54-39(45)32-30-28-26-24-22-20-18-16-14-12-10-8-6-4-2/h36-37,40-43,46-48H,3-35H2,1-2H3,(H,49,50,51)/p-1/t36?,37-,40-,41+,42-,43+/m1/s1. The van der Waals surface area contributed by atoms with E-state index in [-0.39, 0.29) is 19.4 Å². The van der Waals surface area contributed by atoms with Gasteiger partial charge in [0, 0.05) is 12.8 Å². The maximum atomic E-state index is 12.8. The number of esters is 2. The molecule has 332 valence electrons. The molecule has 0 amide bonds. The molecule has 0 aromatic carbocycles. The second-order valence-corrected chi connectivity index (χ2v) is 17.5. The van der Waals surface area contributed by atoms with E-state index in [1.165, 1.54) is 128 Å². The van der Waals surface area contributed by atoms with Crippen LogP contribution in [0.4, 0.5) is 0 Å². The van der Waals surface area contributed by atoms with E-state index in [9.17, 15) is 37.9 Å². The largest absolute Gasteiger partial charge is 0.748 e. The molecule has 1 unspecified atom stereocenters. The third kappa shape index (κ3) is 29.0. The van der Waals surface area contributed by atoms with E-state index in [1.807, 2.05) is 0 Å². The van der Waals surface area contributed by atoms with Crippen molar-refractivity contribution in [3.63, 3.8) is 0 Å². The third-order valence-electron chi connectivity index (χ3n) is 10.7. The predicted octanol–water partition coefficient (Wildman–Crippen LogP) is 8.55. The molecule has 6 atom stereocenters. The highest BCUT2D eigenvalue weighted by atomic mass is 32.2. The molecule has 0 saturated carbocycles. The van der Waals surface area contributed by atoms with Crippen molar-refractivity contribution in [2.45, 2.75) is 243 Å². The lowest BCUT2D eigenvalue weighted by Crippen LogP contribution is -2.60. The summed E-state index contributed by atoms with van der Waals surface area (Å²) in [5.41, 5.74) is 0. The molecule has 0 radical (unpaired) electrons. The van der Waals surface area contributed by atoms with Gasteiger partial charge < -0.3 is 38.8 Å². The van der Waals surface area contributed by atoms with E-state index in [4.69, 9.17) is 18.9 Å². The average molecular weight is 822 g/mol. The molecule has 0 aliphatic carbocycles. The van der Waals surface area contributed by atoms with Crippen LogP contribution in [0.3, 0.4) is 0 Å². The van der Waals surface area contributed by atoms with E-state index in [2.05, 4.69) is 13.8 Å². The number of rotatable bonds is 38. The topological polar surface area (TPSA) is 189 Å². The fourth-order valence-corrected chi connectivity index (χ4v) is 7.82. The van der Waals surface area contributed by atoms with E-state index in [0.29, 0.717) is 12.8 Å². The van der Waals surface area contributed by atoms with Gasteiger partial charge in [0.2, 0.25) is 0 Å². The molecule has 1 saturated heterocycles. The summed E-state index contributed by atoms with van der Waals surface area (Å²) >= 11 is 0. The molecule has 0 bridgehead atoms. The molecule has 0 aromatic rings. The fraction of sp³-hybridized carbons (Fsp3) is 0.953. The summed E-state index contributed by atoms with van der Waals surface area (Å²) < 4.78 is 55.8. The van der Waals surface area contributed by atoms with Crippen LogP contribution in [0.25, 0.3) is 0 Å². The van der Waals surface area contributed by atoms with Gasteiger partial charge in [-0.2, -0.15) is 0 Å². The van der Waals surface area contributed by atoms with Crippen molar-refractivity contribution in [3.8, 4) is 0 Å². The van der Waals surface area contributed by atoms with Crippen molar-refractivity contribution in [1.82, 2.24) is 0 Å². The van der Waals surface area contributed by atoms with Crippen LogP contribution in [0.15, 0.2) is 0 Å². The zero-order valence-corrected chi connectivity index (χ0v) is 36.0. The summed E-state index contributed by atoms with van der Waals surface area (Å²) in [5, 5.41) is 30.8. The van der Waals surface area contributed by atoms with Crippen LogP contribution in [0.1, 0.15) is 206 Å². The Balaban J connectivity index is 2.44. The van der Waals surface area contributed by atoms with Gasteiger partial charge in [0.15, 0.2) is 12.4 Å². The summed E-state index contributed by atoms with van der Waals surface area (Å²) in [5.74, 6) is -2.09. The minimum atomic E-state index is -4.84. The quantitative estimate of drug-likeness (QED) is 0.0306. The van der Waals surface area contributed by atoms with Crippen LogP contribution in [0, 0.1) is 0 Å². The molecule has 56 heavy (non-hydrogen) atoms. The Hall–Kier alpha value is -1.35. The van der Waals surface area contributed by atoms with Gasteiger partial charge in [0.05, 0.1) is 22.5 Å². The molecule has 1 rings (SSSR count). The Labute approximate surface area is 340 Å². The first-order valence-corrected chi connectivity index (χ1v) is 24.2. The van der Waals surface area contributed by atoms with E-state index >= 15 is 0 Å². The zero-order chi connectivity index (χ0) is 41.3. The first-order chi connectivity index (χ1) is 27.0. The summed E-state index contributed by atoms with van der Waals surface area (Å²) in [6.45, 7) is 3.75. The normalized spacial score (nSPS) is 20.6. The molecule has 1 heterocycles. The van der Waals surface area contributed by atoms with E-state index in [1.54, 1.807) is 0 Å². The van der Waals surface area contributed by atoms with Crippen LogP contribution in [0.5, 0.6) is 0 Å². The maximum absolute atomic E-state index is 12.8. The maximum Gasteiger partial charge on any atom is 0.306 e. The van der Waals surface area contributed by atoms with Crippen molar-refractivity contribution in [2.24, 2.45) is 0 Å². The predicted molar refractivity (Wildman–Crippen MR) is 218 cm³/mol. The Kier molecular flexibility index (Phi) is 32.5. The number of hydrogen-bond donors (Lipinski definition) is 3. The molecule has 13 heteroatoms. The second kappa shape index (κ2) is 34.5. The van der Waals surface area contributed by atoms with Gasteiger partial charge in [-0.15, -0.1) is 0 Å². The number of hydrogen-bond acceptors (Lipinski definition) is 12. The van der Waals surface area contributed by atoms with Crippen LogP contribution < -0.4 is 0 Å².